The Morgan fingerprint density at radius 3 is 2.55 bits per heavy atom. The molecule has 3 aromatic rings. The van der Waals surface area contributed by atoms with E-state index in [1.807, 2.05) is 26.0 Å². The molecule has 1 N–H and O–H groups in total. The van der Waals surface area contributed by atoms with Crippen molar-refractivity contribution >= 4 is 27.3 Å². The first-order valence-electron chi connectivity index (χ1n) is 11.8. The fourth-order valence-electron chi connectivity index (χ4n) is 4.69. The van der Waals surface area contributed by atoms with E-state index in [1.165, 1.54) is 16.4 Å². The predicted octanol–water partition coefficient (Wildman–Crippen LogP) is 6.09. The highest BCUT2D eigenvalue weighted by atomic mass is 35.5. The molecule has 0 bridgehead atoms. The van der Waals surface area contributed by atoms with E-state index in [1.54, 1.807) is 18.2 Å². The number of hydrogen-bond acceptors (Lipinski definition) is 5. The molecule has 2 heterocycles. The number of fused-ring (bicyclic) bond motifs is 1. The first-order chi connectivity index (χ1) is 17.8. The number of nitrogens with zero attached hydrogens (tertiary/aromatic N) is 3. The number of sulfonamides is 1. The summed E-state index contributed by atoms with van der Waals surface area (Å²) in [6.45, 7) is 4.13. The van der Waals surface area contributed by atoms with Gasteiger partial charge in [0.1, 0.15) is 5.69 Å². The van der Waals surface area contributed by atoms with E-state index in [9.17, 15) is 32.0 Å². The van der Waals surface area contributed by atoms with Crippen LogP contribution >= 0.6 is 11.6 Å². The summed E-state index contributed by atoms with van der Waals surface area (Å²) < 4.78 is 69.2. The van der Waals surface area contributed by atoms with Gasteiger partial charge in [0.25, 0.3) is 10.0 Å². The predicted molar refractivity (Wildman–Crippen MR) is 138 cm³/mol. The molecule has 0 aliphatic carbocycles. The minimum Gasteiger partial charge on any atom is -0.396 e. The highest BCUT2D eigenvalue weighted by Gasteiger charge is 2.38. The third-order valence-corrected chi connectivity index (χ3v) is 8.98. The van der Waals surface area contributed by atoms with Gasteiger partial charge in [-0.05, 0) is 60.1 Å². The Kier molecular flexibility index (Phi) is 7.49. The standard InChI is InChI=1S/C27H25ClF3N3O3S/c1-26(2)9-10-34(23-8-4-3-7-21(23)26)38(36,37)24-14-19(22(28)12-17(24)6-5-11-35)20-16-33-25(27(29,30)31)13-18(20)15-32/h3-4,7-8,12-14,16,35H,5-6,9-11H2,1-2H3. The Bertz CT molecular complexity index is 1530. The van der Waals surface area contributed by atoms with Crippen molar-refractivity contribution in [3.63, 3.8) is 0 Å². The molecule has 11 heteroatoms. The molecule has 2 aromatic carbocycles. The molecule has 0 radical (unpaired) electrons. The van der Waals surface area contributed by atoms with Gasteiger partial charge in [0.15, 0.2) is 0 Å². The third-order valence-electron chi connectivity index (χ3n) is 6.77. The monoisotopic (exact) mass is 563 g/mol. The average molecular weight is 564 g/mol. The van der Waals surface area contributed by atoms with Crippen LogP contribution in [0.25, 0.3) is 11.1 Å². The molecule has 0 saturated carbocycles. The number of aliphatic hydroxyl groups excluding tert-OH is 1. The van der Waals surface area contributed by atoms with Crippen LogP contribution in [0.2, 0.25) is 5.02 Å². The lowest BCUT2D eigenvalue weighted by Gasteiger charge is -2.39. The largest absolute Gasteiger partial charge is 0.433 e. The van der Waals surface area contributed by atoms with Crippen LogP contribution in [0.4, 0.5) is 18.9 Å². The normalized spacial score (nSPS) is 15.2. The van der Waals surface area contributed by atoms with Crippen LogP contribution < -0.4 is 4.31 Å². The molecular weight excluding hydrogens is 539 g/mol. The molecule has 0 unspecified atom stereocenters. The molecule has 0 spiro atoms. The number of nitriles is 1. The van der Waals surface area contributed by atoms with Crippen molar-refractivity contribution in [2.75, 3.05) is 17.5 Å². The number of hydrogen-bond donors (Lipinski definition) is 1. The smallest absolute Gasteiger partial charge is 0.396 e. The molecule has 0 fully saturated rings. The molecule has 4 rings (SSSR count). The van der Waals surface area contributed by atoms with Crippen LogP contribution in [-0.2, 0) is 28.0 Å². The first-order valence-corrected chi connectivity index (χ1v) is 13.7. The number of alkyl halides is 3. The van der Waals surface area contributed by atoms with Crippen LogP contribution in [0.1, 0.15) is 49.1 Å². The lowest BCUT2D eigenvalue weighted by atomic mass is 9.78. The second-order valence-electron chi connectivity index (χ2n) is 9.72. The van der Waals surface area contributed by atoms with E-state index >= 15 is 0 Å². The maximum atomic E-state index is 14.2. The van der Waals surface area contributed by atoms with Gasteiger partial charge in [-0.3, -0.25) is 9.29 Å². The van der Waals surface area contributed by atoms with Crippen molar-refractivity contribution in [2.24, 2.45) is 0 Å². The van der Waals surface area contributed by atoms with Crippen molar-refractivity contribution in [1.82, 2.24) is 4.98 Å². The minimum atomic E-state index is -4.76. The van der Waals surface area contributed by atoms with E-state index in [0.29, 0.717) is 23.7 Å². The molecule has 38 heavy (non-hydrogen) atoms. The number of anilines is 1. The second-order valence-corrected chi connectivity index (χ2v) is 12.0. The minimum absolute atomic E-state index is 0.0177. The highest BCUT2D eigenvalue weighted by molar-refractivity contribution is 7.93. The van der Waals surface area contributed by atoms with Crippen LogP contribution in [-0.4, -0.2) is 31.7 Å². The van der Waals surface area contributed by atoms with E-state index in [-0.39, 0.29) is 58.0 Å². The number of aliphatic hydroxyl groups is 1. The van der Waals surface area contributed by atoms with Crippen LogP contribution in [0.5, 0.6) is 0 Å². The van der Waals surface area contributed by atoms with Crippen LogP contribution in [0.3, 0.4) is 0 Å². The zero-order chi connectivity index (χ0) is 27.9. The summed E-state index contributed by atoms with van der Waals surface area (Å²) in [7, 11) is -4.18. The van der Waals surface area contributed by atoms with Gasteiger partial charge in [0, 0.05) is 35.5 Å². The Morgan fingerprint density at radius 2 is 1.89 bits per heavy atom. The molecule has 200 valence electrons. The van der Waals surface area contributed by atoms with E-state index in [0.717, 1.165) is 11.8 Å². The van der Waals surface area contributed by atoms with Gasteiger partial charge in [-0.15, -0.1) is 0 Å². The number of benzene rings is 2. The number of pyridine rings is 1. The summed E-state index contributed by atoms with van der Waals surface area (Å²) in [6, 6.07) is 12.3. The van der Waals surface area contributed by atoms with E-state index < -0.39 is 21.9 Å². The van der Waals surface area contributed by atoms with Crippen molar-refractivity contribution in [1.29, 1.82) is 5.26 Å². The summed E-state index contributed by atoms with van der Waals surface area (Å²) in [5.74, 6) is 0. The average Bonchev–Trinajstić information content (AvgIpc) is 2.86. The van der Waals surface area contributed by atoms with Crippen molar-refractivity contribution in [2.45, 2.75) is 49.6 Å². The van der Waals surface area contributed by atoms with E-state index in [4.69, 9.17) is 11.6 Å². The molecule has 1 aliphatic rings. The van der Waals surface area contributed by atoms with Gasteiger partial charge in [-0.2, -0.15) is 18.4 Å². The number of rotatable bonds is 6. The summed E-state index contributed by atoms with van der Waals surface area (Å²) in [4.78, 5) is 3.35. The van der Waals surface area contributed by atoms with Gasteiger partial charge in [-0.25, -0.2) is 8.42 Å². The lowest BCUT2D eigenvalue weighted by molar-refractivity contribution is -0.141. The SMILES string of the molecule is CC1(C)CCN(S(=O)(=O)c2cc(-c3cnc(C(F)(F)F)cc3C#N)c(Cl)cc2CCCO)c2ccccc21. The molecular formula is C27H25ClF3N3O3S. The van der Waals surface area contributed by atoms with Crippen LogP contribution in [0.15, 0.2) is 53.6 Å². The zero-order valence-corrected chi connectivity index (χ0v) is 22.3. The Labute approximate surface area is 224 Å². The number of aryl methyl sites for hydroxylation is 1. The molecule has 1 aromatic heterocycles. The molecule has 6 nitrogen and oxygen atoms in total. The lowest BCUT2D eigenvalue weighted by Crippen LogP contribution is -2.41. The maximum absolute atomic E-state index is 14.2. The fourth-order valence-corrected chi connectivity index (χ4v) is 6.73. The topological polar surface area (TPSA) is 94.3 Å². The van der Waals surface area contributed by atoms with Crippen molar-refractivity contribution < 1.29 is 26.7 Å². The summed E-state index contributed by atoms with van der Waals surface area (Å²) in [6.07, 6.45) is -2.84. The Morgan fingerprint density at radius 1 is 1.18 bits per heavy atom. The summed E-state index contributed by atoms with van der Waals surface area (Å²) >= 11 is 6.50. The number of halogens is 4. The maximum Gasteiger partial charge on any atom is 0.433 e. The molecule has 0 atom stereocenters. The second kappa shape index (κ2) is 10.2. The zero-order valence-electron chi connectivity index (χ0n) is 20.7. The van der Waals surface area contributed by atoms with Crippen molar-refractivity contribution in [3.05, 3.63) is 76.1 Å². The Hall–Kier alpha value is -3.13. The highest BCUT2D eigenvalue weighted by Crippen LogP contribution is 2.43. The number of para-hydroxylation sites is 1. The van der Waals surface area contributed by atoms with Gasteiger partial charge in [-0.1, -0.05) is 43.6 Å². The summed E-state index contributed by atoms with van der Waals surface area (Å²) in [5.41, 5.74) is -0.00612. The fraction of sp³-hybridized carbons (Fsp3) is 0.333. The molecule has 0 amide bonds. The number of aromatic nitrogens is 1. The van der Waals surface area contributed by atoms with E-state index in [2.05, 4.69) is 4.98 Å². The van der Waals surface area contributed by atoms with Gasteiger partial charge in [0.2, 0.25) is 0 Å². The quantitative estimate of drug-likeness (QED) is 0.391. The molecule has 1 aliphatic heterocycles. The van der Waals surface area contributed by atoms with Gasteiger partial charge >= 0.3 is 6.18 Å². The molecule has 0 saturated heterocycles. The van der Waals surface area contributed by atoms with Gasteiger partial charge in [0.05, 0.1) is 22.2 Å². The first kappa shape index (κ1) is 27.9. The van der Waals surface area contributed by atoms with Crippen LogP contribution in [0, 0.1) is 11.3 Å². The van der Waals surface area contributed by atoms with Gasteiger partial charge < -0.3 is 5.11 Å². The third kappa shape index (κ3) is 5.10. The Balaban J connectivity index is 1.92. The summed E-state index contributed by atoms with van der Waals surface area (Å²) in [5, 5.41) is 19.0. The van der Waals surface area contributed by atoms with Crippen molar-refractivity contribution in [3.8, 4) is 17.2 Å².